The zero-order valence-corrected chi connectivity index (χ0v) is 18.1. The Balaban J connectivity index is 1.26. The molecule has 3 fully saturated rings. The molecule has 3 aromatic carbocycles. The van der Waals surface area contributed by atoms with Crippen molar-refractivity contribution in [1.29, 1.82) is 0 Å². The van der Waals surface area contributed by atoms with Gasteiger partial charge in [0.2, 0.25) is 0 Å². The summed E-state index contributed by atoms with van der Waals surface area (Å²) < 4.78 is 37.6. The van der Waals surface area contributed by atoms with Crippen LogP contribution < -0.4 is 0 Å². The largest absolute Gasteiger partial charge is 0.346 e. The van der Waals surface area contributed by atoms with E-state index in [1.807, 2.05) is 91.0 Å². The number of hydrogen-bond donors (Lipinski definition) is 0. The Morgan fingerprint density at radius 2 is 0.788 bits per heavy atom. The molecule has 0 spiro atoms. The first-order valence-corrected chi connectivity index (χ1v) is 11.3. The van der Waals surface area contributed by atoms with Crippen molar-refractivity contribution in [2.75, 3.05) is 13.2 Å². The molecule has 3 heterocycles. The van der Waals surface area contributed by atoms with Crippen molar-refractivity contribution in [2.45, 2.75) is 43.3 Å². The second-order valence-electron chi connectivity index (χ2n) is 8.44. The molecule has 3 saturated heterocycles. The topological polar surface area (TPSA) is 55.4 Å². The molecule has 0 saturated carbocycles. The van der Waals surface area contributed by atoms with Crippen molar-refractivity contribution in [3.63, 3.8) is 0 Å². The third-order valence-corrected chi connectivity index (χ3v) is 6.25. The smallest absolute Gasteiger partial charge is 0.184 e. The molecule has 0 bridgehead atoms. The van der Waals surface area contributed by atoms with Crippen LogP contribution in [0.4, 0.5) is 0 Å². The van der Waals surface area contributed by atoms with Gasteiger partial charge in [-0.25, -0.2) is 0 Å². The lowest BCUT2D eigenvalue weighted by atomic mass is 9.99. The lowest BCUT2D eigenvalue weighted by Crippen LogP contribution is -2.58. The summed E-state index contributed by atoms with van der Waals surface area (Å²) in [5, 5.41) is 0. The van der Waals surface area contributed by atoms with Crippen molar-refractivity contribution in [2.24, 2.45) is 0 Å². The molecule has 7 atom stereocenters. The Bertz CT molecular complexity index is 1030. The van der Waals surface area contributed by atoms with Gasteiger partial charge in [0.25, 0.3) is 0 Å². The highest BCUT2D eigenvalue weighted by Gasteiger charge is 2.50. The molecule has 6 nitrogen and oxygen atoms in total. The number of hydrogen-bond acceptors (Lipinski definition) is 6. The molecule has 6 heteroatoms. The summed E-state index contributed by atoms with van der Waals surface area (Å²) in [6.07, 6.45) is -2.76. The van der Waals surface area contributed by atoms with Gasteiger partial charge in [0, 0.05) is 16.7 Å². The van der Waals surface area contributed by atoms with Gasteiger partial charge in [-0.1, -0.05) is 91.0 Å². The normalized spacial score (nSPS) is 34.0. The molecule has 33 heavy (non-hydrogen) atoms. The Kier molecular flexibility index (Phi) is 5.94. The fraction of sp³-hybridized carbons (Fsp3) is 0.333. The van der Waals surface area contributed by atoms with Crippen LogP contribution in [0.3, 0.4) is 0 Å². The first-order valence-electron chi connectivity index (χ1n) is 11.3. The second kappa shape index (κ2) is 9.35. The minimum atomic E-state index is -0.530. The summed E-state index contributed by atoms with van der Waals surface area (Å²) in [6, 6.07) is 29.8. The predicted octanol–water partition coefficient (Wildman–Crippen LogP) is 4.70. The van der Waals surface area contributed by atoms with Gasteiger partial charge >= 0.3 is 0 Å². The van der Waals surface area contributed by atoms with Crippen LogP contribution in [0.1, 0.15) is 35.6 Å². The fourth-order valence-electron chi connectivity index (χ4n) is 4.59. The van der Waals surface area contributed by atoms with Crippen LogP contribution in [0.2, 0.25) is 0 Å². The monoisotopic (exact) mass is 446 g/mol. The SMILES string of the molecule is c1ccc([C@@H]2O[C@H]([C@@H]3CO[C@H](c4ccccc4)O3)[C@H]3O[C@@H](c4ccccc4)OC[C@H]3O2)cc1. The van der Waals surface area contributed by atoms with Gasteiger partial charge < -0.3 is 28.4 Å². The van der Waals surface area contributed by atoms with E-state index in [1.54, 1.807) is 0 Å². The quantitative estimate of drug-likeness (QED) is 0.579. The molecule has 0 radical (unpaired) electrons. The number of fused-ring (bicyclic) bond motifs is 1. The van der Waals surface area contributed by atoms with Crippen molar-refractivity contribution >= 4 is 0 Å². The van der Waals surface area contributed by atoms with Crippen molar-refractivity contribution in [1.82, 2.24) is 0 Å². The molecule has 0 amide bonds. The minimum absolute atomic E-state index is 0.284. The van der Waals surface area contributed by atoms with Crippen LogP contribution in [0, 0.1) is 0 Å². The number of benzene rings is 3. The van der Waals surface area contributed by atoms with Gasteiger partial charge in [0.1, 0.15) is 24.4 Å². The zero-order chi connectivity index (χ0) is 22.0. The molecule has 170 valence electrons. The fourth-order valence-corrected chi connectivity index (χ4v) is 4.59. The molecule has 6 rings (SSSR count). The summed E-state index contributed by atoms with van der Waals surface area (Å²) >= 11 is 0. The zero-order valence-electron chi connectivity index (χ0n) is 18.1. The number of ether oxygens (including phenoxy) is 6. The van der Waals surface area contributed by atoms with Crippen molar-refractivity contribution < 1.29 is 28.4 Å². The molecule has 3 aliphatic rings. The van der Waals surface area contributed by atoms with E-state index in [4.69, 9.17) is 28.4 Å². The van der Waals surface area contributed by atoms with E-state index in [2.05, 4.69) is 0 Å². The molecule has 3 aliphatic heterocycles. The highest BCUT2D eigenvalue weighted by atomic mass is 16.8. The summed E-state index contributed by atoms with van der Waals surface area (Å²) in [7, 11) is 0. The maximum Gasteiger partial charge on any atom is 0.184 e. The lowest BCUT2D eigenvalue weighted by Gasteiger charge is -2.47. The minimum Gasteiger partial charge on any atom is -0.346 e. The van der Waals surface area contributed by atoms with Crippen LogP contribution in [0.25, 0.3) is 0 Å². The van der Waals surface area contributed by atoms with Gasteiger partial charge in [-0.15, -0.1) is 0 Å². The highest BCUT2D eigenvalue weighted by molar-refractivity contribution is 5.19. The van der Waals surface area contributed by atoms with E-state index < -0.39 is 18.9 Å². The lowest BCUT2D eigenvalue weighted by molar-refractivity contribution is -0.373. The molecule has 0 aliphatic carbocycles. The first kappa shape index (κ1) is 21.0. The van der Waals surface area contributed by atoms with Crippen molar-refractivity contribution in [3.8, 4) is 0 Å². The summed E-state index contributed by atoms with van der Waals surface area (Å²) in [5.74, 6) is 0. The Morgan fingerprint density at radius 3 is 1.27 bits per heavy atom. The molecule has 0 aromatic heterocycles. The van der Waals surface area contributed by atoms with Gasteiger partial charge in [0.05, 0.1) is 13.2 Å². The summed E-state index contributed by atoms with van der Waals surface area (Å²) in [4.78, 5) is 0. The Labute approximate surface area is 192 Å². The third-order valence-electron chi connectivity index (χ3n) is 6.25. The molecule has 3 aromatic rings. The van der Waals surface area contributed by atoms with E-state index in [0.29, 0.717) is 13.2 Å². The molecular formula is C27H26O6. The number of rotatable bonds is 4. The van der Waals surface area contributed by atoms with Gasteiger partial charge in [-0.2, -0.15) is 0 Å². The second-order valence-corrected chi connectivity index (χ2v) is 8.44. The average Bonchev–Trinajstić information content (AvgIpc) is 3.39. The average molecular weight is 446 g/mol. The maximum absolute atomic E-state index is 6.49. The van der Waals surface area contributed by atoms with Crippen LogP contribution in [0.5, 0.6) is 0 Å². The van der Waals surface area contributed by atoms with Crippen LogP contribution in [-0.2, 0) is 28.4 Å². The van der Waals surface area contributed by atoms with Crippen LogP contribution >= 0.6 is 0 Å². The maximum atomic E-state index is 6.49. The molecule has 0 unspecified atom stereocenters. The van der Waals surface area contributed by atoms with Crippen LogP contribution in [-0.4, -0.2) is 37.6 Å². The predicted molar refractivity (Wildman–Crippen MR) is 119 cm³/mol. The standard InChI is InChI=1S/C27H26O6/c1-4-10-18(11-5-1)25-28-16-21(30-25)24-23-22(31-27(33-24)20-14-8-3-9-15-20)17-29-26(32-23)19-12-6-2-7-13-19/h1-15,21-27H,16-17H2/t21-,22+,23-,24+,25-,26-,27-/m0/s1. The van der Waals surface area contributed by atoms with E-state index >= 15 is 0 Å². The molecule has 0 N–H and O–H groups in total. The van der Waals surface area contributed by atoms with E-state index in [-0.39, 0.29) is 24.4 Å². The Morgan fingerprint density at radius 1 is 0.424 bits per heavy atom. The highest BCUT2D eigenvalue weighted by Crippen LogP contribution is 2.41. The summed E-state index contributed by atoms with van der Waals surface area (Å²) in [6.45, 7) is 0.818. The summed E-state index contributed by atoms with van der Waals surface area (Å²) in [5.41, 5.74) is 2.90. The first-order chi connectivity index (χ1) is 16.3. The van der Waals surface area contributed by atoms with E-state index in [1.165, 1.54) is 0 Å². The van der Waals surface area contributed by atoms with Gasteiger partial charge in [-0.3, -0.25) is 0 Å². The molecular weight excluding hydrogens is 420 g/mol. The Hall–Kier alpha value is -2.58. The van der Waals surface area contributed by atoms with Gasteiger partial charge in [-0.05, 0) is 0 Å². The third kappa shape index (κ3) is 4.34. The van der Waals surface area contributed by atoms with Crippen LogP contribution in [0.15, 0.2) is 91.0 Å². The van der Waals surface area contributed by atoms with Gasteiger partial charge in [0.15, 0.2) is 18.9 Å². The van der Waals surface area contributed by atoms with E-state index in [9.17, 15) is 0 Å². The van der Waals surface area contributed by atoms with Crippen molar-refractivity contribution in [3.05, 3.63) is 108 Å². The van der Waals surface area contributed by atoms with E-state index in [0.717, 1.165) is 16.7 Å².